The number of aliphatic imine (C=N–C) groups is 1. The molecule has 14 heavy (non-hydrogen) atoms. The summed E-state index contributed by atoms with van der Waals surface area (Å²) in [5, 5.41) is 3.64. The molecule has 1 aliphatic heterocycles. The van der Waals surface area contributed by atoms with Gasteiger partial charge in [-0.3, -0.25) is 4.99 Å². The number of hydrogen-bond acceptors (Lipinski definition) is 1. The fourth-order valence-electron chi connectivity index (χ4n) is 1.84. The van der Waals surface area contributed by atoms with Crippen molar-refractivity contribution < 1.29 is 0 Å². The SMILES string of the molecule is C1=NC=c2c([nH]c3ccccc23)=CC1. The minimum absolute atomic E-state index is 0.899. The maximum atomic E-state index is 4.23. The van der Waals surface area contributed by atoms with Crippen molar-refractivity contribution in [2.45, 2.75) is 6.42 Å². The summed E-state index contributed by atoms with van der Waals surface area (Å²) < 4.78 is 0. The van der Waals surface area contributed by atoms with E-state index in [4.69, 9.17) is 0 Å². The van der Waals surface area contributed by atoms with E-state index in [1.165, 1.54) is 21.5 Å². The highest BCUT2D eigenvalue weighted by molar-refractivity contribution is 5.82. The topological polar surface area (TPSA) is 28.1 Å². The molecule has 68 valence electrons. The molecule has 2 heteroatoms. The molecule has 2 aromatic rings. The Bertz CT molecular complexity index is 617. The molecule has 0 atom stereocenters. The van der Waals surface area contributed by atoms with Crippen LogP contribution in [0.1, 0.15) is 6.42 Å². The molecule has 0 bridgehead atoms. The van der Waals surface area contributed by atoms with Gasteiger partial charge in [0.15, 0.2) is 0 Å². The van der Waals surface area contributed by atoms with Crippen molar-refractivity contribution in [1.82, 2.24) is 4.98 Å². The average molecular weight is 182 g/mol. The predicted molar refractivity (Wildman–Crippen MR) is 59.6 cm³/mol. The van der Waals surface area contributed by atoms with Gasteiger partial charge >= 0.3 is 0 Å². The van der Waals surface area contributed by atoms with Crippen LogP contribution in [-0.2, 0) is 0 Å². The summed E-state index contributed by atoms with van der Waals surface area (Å²) in [4.78, 5) is 7.62. The molecular weight excluding hydrogens is 172 g/mol. The second kappa shape index (κ2) is 2.84. The van der Waals surface area contributed by atoms with Crippen molar-refractivity contribution >= 4 is 29.4 Å². The predicted octanol–water partition coefficient (Wildman–Crippen LogP) is 1.16. The number of fused-ring (bicyclic) bond motifs is 3. The van der Waals surface area contributed by atoms with Crippen molar-refractivity contribution in [2.24, 2.45) is 4.99 Å². The largest absolute Gasteiger partial charge is 0.355 e. The summed E-state index contributed by atoms with van der Waals surface area (Å²) in [6.07, 6.45) is 6.92. The molecular formula is C12H10N2. The molecule has 0 spiro atoms. The van der Waals surface area contributed by atoms with Gasteiger partial charge in [0.05, 0.1) is 0 Å². The van der Waals surface area contributed by atoms with Crippen molar-refractivity contribution in [3.8, 4) is 0 Å². The highest BCUT2D eigenvalue weighted by Gasteiger charge is 1.99. The summed E-state index contributed by atoms with van der Waals surface area (Å²) in [5.41, 5.74) is 1.18. The maximum Gasteiger partial charge on any atom is 0.0465 e. The number of benzene rings is 1. The Hall–Kier alpha value is -1.83. The smallest absolute Gasteiger partial charge is 0.0465 e. The molecule has 2 nitrogen and oxygen atoms in total. The van der Waals surface area contributed by atoms with Gasteiger partial charge in [-0.25, -0.2) is 0 Å². The number of para-hydroxylation sites is 1. The van der Waals surface area contributed by atoms with Gasteiger partial charge in [0.25, 0.3) is 0 Å². The van der Waals surface area contributed by atoms with Crippen LogP contribution in [0.15, 0.2) is 29.3 Å². The van der Waals surface area contributed by atoms with E-state index >= 15 is 0 Å². The van der Waals surface area contributed by atoms with E-state index < -0.39 is 0 Å². The summed E-state index contributed by atoms with van der Waals surface area (Å²) in [6.45, 7) is 0. The fourth-order valence-corrected chi connectivity index (χ4v) is 1.84. The first kappa shape index (κ1) is 7.56. The summed E-state index contributed by atoms with van der Waals surface area (Å²) in [5.74, 6) is 0. The molecule has 2 heterocycles. The maximum absolute atomic E-state index is 4.23. The normalized spacial score (nSPS) is 14.3. The van der Waals surface area contributed by atoms with Crippen LogP contribution in [0.2, 0.25) is 0 Å². The van der Waals surface area contributed by atoms with E-state index in [0.29, 0.717) is 0 Å². The van der Waals surface area contributed by atoms with E-state index in [-0.39, 0.29) is 0 Å². The van der Waals surface area contributed by atoms with Crippen LogP contribution < -0.4 is 10.6 Å². The molecule has 0 saturated heterocycles. The number of rotatable bonds is 0. The van der Waals surface area contributed by atoms with E-state index in [1.54, 1.807) is 0 Å². The van der Waals surface area contributed by atoms with Gasteiger partial charge in [-0.1, -0.05) is 24.3 Å². The van der Waals surface area contributed by atoms with Crippen molar-refractivity contribution in [1.29, 1.82) is 0 Å². The highest BCUT2D eigenvalue weighted by Crippen LogP contribution is 2.04. The van der Waals surface area contributed by atoms with Gasteiger partial charge in [0.1, 0.15) is 0 Å². The van der Waals surface area contributed by atoms with Crippen LogP contribution in [0.4, 0.5) is 0 Å². The van der Waals surface area contributed by atoms with Crippen LogP contribution in [0.3, 0.4) is 0 Å². The lowest BCUT2D eigenvalue weighted by Gasteiger charge is -1.85. The third kappa shape index (κ3) is 1.01. The second-order valence-corrected chi connectivity index (χ2v) is 3.40. The minimum atomic E-state index is 0.899. The third-order valence-corrected chi connectivity index (χ3v) is 2.51. The number of nitrogens with one attached hydrogen (secondary N) is 1. The molecule has 1 aliphatic rings. The first-order chi connectivity index (χ1) is 6.95. The van der Waals surface area contributed by atoms with Gasteiger partial charge in [-0.2, -0.15) is 0 Å². The molecule has 1 aromatic heterocycles. The first-order valence-corrected chi connectivity index (χ1v) is 4.74. The standard InChI is InChI=1S/C12H10N2/c1-2-5-11-9(4-1)10-8-13-7-3-6-12(10)14-11/h1-2,4-8,14H,3H2. The monoisotopic (exact) mass is 182 g/mol. The lowest BCUT2D eigenvalue weighted by Crippen LogP contribution is -2.21. The fraction of sp³-hybridized carbons (Fsp3) is 0.0833. The number of H-pyrrole nitrogens is 1. The molecule has 0 saturated carbocycles. The van der Waals surface area contributed by atoms with E-state index in [2.05, 4.69) is 34.3 Å². The van der Waals surface area contributed by atoms with Gasteiger partial charge < -0.3 is 4.98 Å². The molecule has 0 radical (unpaired) electrons. The lowest BCUT2D eigenvalue weighted by molar-refractivity contribution is 1.34. The number of aromatic amines is 1. The Morgan fingerprint density at radius 2 is 2.14 bits per heavy atom. The van der Waals surface area contributed by atoms with E-state index in [0.717, 1.165) is 6.42 Å². The van der Waals surface area contributed by atoms with Crippen molar-refractivity contribution in [3.05, 3.63) is 34.8 Å². The van der Waals surface area contributed by atoms with Crippen LogP contribution in [0, 0.1) is 0 Å². The second-order valence-electron chi connectivity index (χ2n) is 3.40. The van der Waals surface area contributed by atoms with Crippen LogP contribution in [0.25, 0.3) is 23.2 Å². The zero-order valence-corrected chi connectivity index (χ0v) is 7.70. The van der Waals surface area contributed by atoms with Gasteiger partial charge in [0.2, 0.25) is 0 Å². The zero-order valence-electron chi connectivity index (χ0n) is 7.70. The van der Waals surface area contributed by atoms with E-state index in [1.807, 2.05) is 18.5 Å². The number of aromatic nitrogens is 1. The zero-order chi connectivity index (χ0) is 9.38. The molecule has 1 aromatic carbocycles. The van der Waals surface area contributed by atoms with Gasteiger partial charge in [-0.05, 0) is 6.07 Å². The number of hydrogen-bond donors (Lipinski definition) is 1. The summed E-state index contributed by atoms with van der Waals surface area (Å²) >= 11 is 0. The summed E-state index contributed by atoms with van der Waals surface area (Å²) in [7, 11) is 0. The molecule has 0 fully saturated rings. The van der Waals surface area contributed by atoms with Crippen LogP contribution in [0.5, 0.6) is 0 Å². The first-order valence-electron chi connectivity index (χ1n) is 4.74. The average Bonchev–Trinajstić information content (AvgIpc) is 2.42. The molecule has 0 amide bonds. The van der Waals surface area contributed by atoms with Crippen LogP contribution in [-0.4, -0.2) is 11.2 Å². The Kier molecular flexibility index (Phi) is 1.53. The van der Waals surface area contributed by atoms with E-state index in [9.17, 15) is 0 Å². The van der Waals surface area contributed by atoms with Gasteiger partial charge in [0, 0.05) is 40.3 Å². The van der Waals surface area contributed by atoms with Crippen LogP contribution >= 0.6 is 0 Å². The quantitative estimate of drug-likeness (QED) is 0.633. The highest BCUT2D eigenvalue weighted by atomic mass is 14.7. The third-order valence-electron chi connectivity index (χ3n) is 2.51. The molecule has 0 aliphatic carbocycles. The molecule has 3 rings (SSSR count). The molecule has 0 unspecified atom stereocenters. The minimum Gasteiger partial charge on any atom is -0.355 e. The Balaban J connectivity index is 2.59. The number of nitrogens with zero attached hydrogens (tertiary/aromatic N) is 1. The summed E-state index contributed by atoms with van der Waals surface area (Å²) in [6, 6.07) is 8.31. The lowest BCUT2D eigenvalue weighted by atomic mass is 10.2. The van der Waals surface area contributed by atoms with Crippen molar-refractivity contribution in [2.75, 3.05) is 0 Å². The molecule has 1 N–H and O–H groups in total. The Labute approximate surface area is 81.3 Å². The van der Waals surface area contributed by atoms with Gasteiger partial charge in [-0.15, -0.1) is 0 Å². The Morgan fingerprint density at radius 1 is 1.21 bits per heavy atom. The Morgan fingerprint density at radius 3 is 3.14 bits per heavy atom. The van der Waals surface area contributed by atoms with Crippen molar-refractivity contribution in [3.63, 3.8) is 0 Å².